The van der Waals surface area contributed by atoms with E-state index in [9.17, 15) is 29.7 Å². The normalized spacial score (nSPS) is 11.8. The monoisotopic (exact) mass is 661 g/mol. The zero-order chi connectivity index (χ0) is 34.3. The fourth-order valence-corrected chi connectivity index (χ4v) is 5.23. The largest absolute Gasteiger partial charge is 0.508 e. The number of aliphatic hydroxyl groups is 2. The van der Waals surface area contributed by atoms with Gasteiger partial charge in [0.25, 0.3) is 5.56 Å². The first-order valence-corrected chi connectivity index (χ1v) is 16.0. The molecule has 12 heteroatoms. The maximum absolute atomic E-state index is 12.9. The molecule has 5 N–H and O–H groups in total. The summed E-state index contributed by atoms with van der Waals surface area (Å²) in [6.45, 7) is 3.53. The van der Waals surface area contributed by atoms with Crippen LogP contribution < -0.4 is 21.4 Å². The van der Waals surface area contributed by atoms with E-state index in [2.05, 4.69) is 10.3 Å². The summed E-state index contributed by atoms with van der Waals surface area (Å²) in [7, 11) is 0. The molecule has 0 saturated heterocycles. The fraction of sp³-hybridized carbons (Fsp3) is 0.361. The molecular formula is C36H43N3O9. The summed E-state index contributed by atoms with van der Waals surface area (Å²) in [5, 5.41) is 32.6. The lowest BCUT2D eigenvalue weighted by atomic mass is 9.93. The molecule has 0 aliphatic carbocycles. The quantitative estimate of drug-likeness (QED) is 0.0938. The maximum atomic E-state index is 12.9. The summed E-state index contributed by atoms with van der Waals surface area (Å²) in [4.78, 5) is 43.7. The summed E-state index contributed by atoms with van der Waals surface area (Å²) >= 11 is 0. The van der Waals surface area contributed by atoms with E-state index in [1.54, 1.807) is 18.2 Å². The van der Waals surface area contributed by atoms with Crippen molar-refractivity contribution in [2.75, 3.05) is 32.9 Å². The molecule has 1 heterocycles. The number of carbonyl (C=O) groups is 1. The van der Waals surface area contributed by atoms with Gasteiger partial charge >= 0.3 is 11.7 Å². The van der Waals surface area contributed by atoms with Crippen molar-refractivity contribution in [1.29, 1.82) is 0 Å². The van der Waals surface area contributed by atoms with Gasteiger partial charge in [0.1, 0.15) is 5.75 Å². The van der Waals surface area contributed by atoms with Crippen LogP contribution in [0.15, 0.2) is 82.5 Å². The SMILES string of the molecule is CC(=O)On1cc(-c2cccc(-c3ccccc3)c2COCCOCCCCCCNC[C@H](O)c2ccc(O)c(CO)c2)c(=O)[nH]c1=O. The number of H-pyrrole nitrogens is 1. The van der Waals surface area contributed by atoms with Crippen LogP contribution >= 0.6 is 0 Å². The Morgan fingerprint density at radius 1 is 0.896 bits per heavy atom. The van der Waals surface area contributed by atoms with E-state index in [0.29, 0.717) is 47.8 Å². The van der Waals surface area contributed by atoms with Crippen molar-refractivity contribution in [3.05, 3.63) is 110 Å². The van der Waals surface area contributed by atoms with Crippen LogP contribution in [-0.4, -0.2) is 63.9 Å². The Balaban J connectivity index is 1.21. The Kier molecular flexibility index (Phi) is 14.1. The minimum Gasteiger partial charge on any atom is -0.508 e. The highest BCUT2D eigenvalue weighted by molar-refractivity contribution is 5.78. The van der Waals surface area contributed by atoms with Crippen LogP contribution in [0.25, 0.3) is 22.3 Å². The van der Waals surface area contributed by atoms with Gasteiger partial charge in [-0.1, -0.05) is 67.4 Å². The second-order valence-electron chi connectivity index (χ2n) is 11.3. The molecule has 256 valence electrons. The Labute approximate surface area is 278 Å². The van der Waals surface area contributed by atoms with Crippen molar-refractivity contribution in [3.63, 3.8) is 0 Å². The van der Waals surface area contributed by atoms with Gasteiger partial charge in [-0.2, -0.15) is 0 Å². The molecule has 0 bridgehead atoms. The maximum Gasteiger partial charge on any atom is 0.361 e. The van der Waals surface area contributed by atoms with Crippen molar-refractivity contribution in [1.82, 2.24) is 15.0 Å². The number of hydrogen-bond acceptors (Lipinski definition) is 10. The number of aromatic hydroxyl groups is 1. The number of aromatic amines is 1. The summed E-state index contributed by atoms with van der Waals surface area (Å²) in [5.41, 5.74) is 2.79. The van der Waals surface area contributed by atoms with Crippen LogP contribution in [0.4, 0.5) is 0 Å². The minimum absolute atomic E-state index is 0.0118. The second kappa shape index (κ2) is 18.7. The molecule has 4 rings (SSSR count). The molecule has 1 aromatic heterocycles. The smallest absolute Gasteiger partial charge is 0.361 e. The number of nitrogens with zero attached hydrogens (tertiary/aromatic N) is 1. The molecule has 0 radical (unpaired) electrons. The van der Waals surface area contributed by atoms with E-state index >= 15 is 0 Å². The van der Waals surface area contributed by atoms with Gasteiger partial charge in [-0.25, -0.2) is 9.59 Å². The Hall–Kier alpha value is -4.59. The van der Waals surface area contributed by atoms with Gasteiger partial charge in [-0.05, 0) is 59.3 Å². The fourth-order valence-electron chi connectivity index (χ4n) is 5.23. The van der Waals surface area contributed by atoms with E-state index in [0.717, 1.165) is 48.9 Å². The van der Waals surface area contributed by atoms with Crippen molar-refractivity contribution < 1.29 is 34.4 Å². The number of hydrogen-bond donors (Lipinski definition) is 5. The number of aliphatic hydroxyl groups excluding tert-OH is 2. The molecular weight excluding hydrogens is 618 g/mol. The van der Waals surface area contributed by atoms with Crippen LogP contribution in [0.3, 0.4) is 0 Å². The summed E-state index contributed by atoms with van der Waals surface area (Å²) in [6, 6.07) is 19.9. The van der Waals surface area contributed by atoms with E-state index in [4.69, 9.17) is 14.3 Å². The molecule has 0 unspecified atom stereocenters. The average molecular weight is 662 g/mol. The molecule has 0 aliphatic heterocycles. The third kappa shape index (κ3) is 10.5. The highest BCUT2D eigenvalue weighted by Crippen LogP contribution is 2.31. The minimum atomic E-state index is -0.856. The third-order valence-electron chi connectivity index (χ3n) is 7.70. The number of phenols is 1. The first-order chi connectivity index (χ1) is 23.3. The van der Waals surface area contributed by atoms with Gasteiger partial charge in [-0.15, -0.1) is 4.73 Å². The average Bonchev–Trinajstić information content (AvgIpc) is 3.08. The Morgan fingerprint density at radius 3 is 2.42 bits per heavy atom. The number of aromatic nitrogens is 2. The van der Waals surface area contributed by atoms with E-state index in [1.807, 2.05) is 42.5 Å². The van der Waals surface area contributed by atoms with Gasteiger partial charge in [0.15, 0.2) is 0 Å². The lowest BCUT2D eigenvalue weighted by molar-refractivity contribution is -0.142. The van der Waals surface area contributed by atoms with Crippen LogP contribution in [0.5, 0.6) is 5.75 Å². The molecule has 0 spiro atoms. The second-order valence-corrected chi connectivity index (χ2v) is 11.3. The predicted octanol–water partition coefficient (Wildman–Crippen LogP) is 3.46. The summed E-state index contributed by atoms with van der Waals surface area (Å²) in [5.74, 6) is -0.690. The number of benzene rings is 3. The third-order valence-corrected chi connectivity index (χ3v) is 7.70. The van der Waals surface area contributed by atoms with Gasteiger partial charge in [0.05, 0.1) is 44.3 Å². The highest BCUT2D eigenvalue weighted by Gasteiger charge is 2.17. The lowest BCUT2D eigenvalue weighted by Crippen LogP contribution is -2.36. The molecule has 48 heavy (non-hydrogen) atoms. The lowest BCUT2D eigenvalue weighted by Gasteiger charge is -2.16. The zero-order valence-corrected chi connectivity index (χ0v) is 27.0. The van der Waals surface area contributed by atoms with Crippen molar-refractivity contribution >= 4 is 5.97 Å². The molecule has 0 fully saturated rings. The van der Waals surface area contributed by atoms with Gasteiger partial charge < -0.3 is 34.9 Å². The number of unbranched alkanes of at least 4 members (excludes halogenated alkanes) is 3. The summed E-state index contributed by atoms with van der Waals surface area (Å²) in [6.07, 6.45) is 4.36. The number of rotatable bonds is 19. The predicted molar refractivity (Wildman–Crippen MR) is 180 cm³/mol. The van der Waals surface area contributed by atoms with Crippen LogP contribution in [-0.2, 0) is 27.5 Å². The highest BCUT2D eigenvalue weighted by atomic mass is 16.7. The molecule has 0 saturated carbocycles. The van der Waals surface area contributed by atoms with Crippen LogP contribution in [0.2, 0.25) is 0 Å². The first kappa shape index (κ1) is 36.2. The standard InChI is InChI=1S/C36H43N3O9/c1-25(41)48-39-22-31(35(44)38-36(39)45)30-13-9-12-29(26-10-5-4-6-11-26)32(30)24-47-19-18-46-17-8-3-2-7-16-37-21-34(43)27-14-15-33(42)28(20-27)23-40/h4-6,9-15,20,22,34,37,40,42-43H,2-3,7-8,16-19,21,23-24H2,1H3,(H,38,44,45)/t34-/m0/s1. The Bertz CT molecular complexity index is 1740. The molecule has 0 aliphatic rings. The summed E-state index contributed by atoms with van der Waals surface area (Å²) < 4.78 is 12.5. The van der Waals surface area contributed by atoms with Crippen LogP contribution in [0, 0.1) is 0 Å². The topological polar surface area (TPSA) is 172 Å². The van der Waals surface area contributed by atoms with Crippen LogP contribution in [0.1, 0.15) is 55.4 Å². The van der Waals surface area contributed by atoms with E-state index in [-0.39, 0.29) is 24.5 Å². The van der Waals surface area contributed by atoms with E-state index < -0.39 is 23.3 Å². The van der Waals surface area contributed by atoms with Gasteiger partial charge in [-0.3, -0.25) is 9.78 Å². The van der Waals surface area contributed by atoms with Crippen molar-refractivity contribution in [3.8, 4) is 28.0 Å². The Morgan fingerprint density at radius 2 is 1.65 bits per heavy atom. The number of ether oxygens (including phenoxy) is 2. The molecule has 1 atom stereocenters. The zero-order valence-electron chi connectivity index (χ0n) is 27.0. The van der Waals surface area contributed by atoms with E-state index in [1.165, 1.54) is 19.2 Å². The van der Waals surface area contributed by atoms with Gasteiger partial charge in [0, 0.05) is 25.6 Å². The van der Waals surface area contributed by atoms with Gasteiger partial charge in [0.2, 0.25) is 0 Å². The molecule has 3 aromatic carbocycles. The number of carbonyl (C=O) groups excluding carboxylic acids is 1. The molecule has 4 aromatic rings. The first-order valence-electron chi connectivity index (χ1n) is 16.0. The number of nitrogens with one attached hydrogen (secondary N) is 2. The van der Waals surface area contributed by atoms with Crippen molar-refractivity contribution in [2.24, 2.45) is 0 Å². The molecule has 12 nitrogen and oxygen atoms in total. The van der Waals surface area contributed by atoms with Crippen molar-refractivity contribution in [2.45, 2.75) is 51.9 Å². The molecule has 0 amide bonds.